The predicted octanol–water partition coefficient (Wildman–Crippen LogP) is 2.54. The van der Waals surface area contributed by atoms with Crippen LogP contribution in [0.1, 0.15) is 44.9 Å². The van der Waals surface area contributed by atoms with Gasteiger partial charge in [0.15, 0.2) is 6.04 Å². The molecule has 1 aliphatic heterocycles. The topological polar surface area (TPSA) is 103 Å². The second-order valence-electron chi connectivity index (χ2n) is 9.07. The number of nitriles is 1. The predicted molar refractivity (Wildman–Crippen MR) is 94.2 cm³/mol. The number of alkyl halides is 3. The van der Waals surface area contributed by atoms with Gasteiger partial charge in [0, 0.05) is 6.54 Å². The Labute approximate surface area is 161 Å². The van der Waals surface area contributed by atoms with Gasteiger partial charge in [-0.1, -0.05) is 0 Å². The van der Waals surface area contributed by atoms with Crippen LogP contribution in [0.2, 0.25) is 0 Å². The molecule has 4 atom stereocenters. The van der Waals surface area contributed by atoms with E-state index < -0.39 is 29.6 Å². The van der Waals surface area contributed by atoms with E-state index in [2.05, 4.69) is 4.99 Å². The number of carboxylic acids is 1. The zero-order chi connectivity index (χ0) is 20.3. The Balaban J connectivity index is 1.56. The fourth-order valence-corrected chi connectivity index (χ4v) is 6.47. The Morgan fingerprint density at radius 3 is 2.46 bits per heavy atom. The van der Waals surface area contributed by atoms with Crippen LogP contribution >= 0.6 is 0 Å². The number of rotatable bonds is 4. The Morgan fingerprint density at radius 2 is 1.93 bits per heavy atom. The molecule has 1 heterocycles. The zero-order valence-corrected chi connectivity index (χ0v) is 15.5. The molecule has 1 saturated heterocycles. The summed E-state index contributed by atoms with van der Waals surface area (Å²) in [6.45, 7) is 0.167. The van der Waals surface area contributed by atoms with E-state index in [1.165, 1.54) is 0 Å². The summed E-state index contributed by atoms with van der Waals surface area (Å²) >= 11 is 0. The van der Waals surface area contributed by atoms with Crippen molar-refractivity contribution in [2.45, 2.75) is 69.2 Å². The zero-order valence-electron chi connectivity index (χ0n) is 15.5. The van der Waals surface area contributed by atoms with Crippen molar-refractivity contribution in [2.24, 2.45) is 33.9 Å². The van der Waals surface area contributed by atoms with Crippen molar-refractivity contribution >= 4 is 11.8 Å². The van der Waals surface area contributed by atoms with Crippen LogP contribution in [0.5, 0.6) is 0 Å². The highest BCUT2D eigenvalue weighted by atomic mass is 19.4. The SMILES string of the molecule is N#CC(C(N)=NC1C2CC3CC1CC(C(=O)O)(C3)C2)N1CCCC1C(F)(F)F. The minimum absolute atomic E-state index is 0.0353. The Morgan fingerprint density at radius 1 is 1.29 bits per heavy atom. The summed E-state index contributed by atoms with van der Waals surface area (Å²) in [5.74, 6) is -0.265. The molecule has 4 saturated carbocycles. The molecule has 6 nitrogen and oxygen atoms in total. The summed E-state index contributed by atoms with van der Waals surface area (Å²) in [5, 5.41) is 19.2. The Bertz CT molecular complexity index is 716. The lowest BCUT2D eigenvalue weighted by atomic mass is 9.48. The summed E-state index contributed by atoms with van der Waals surface area (Å²) in [4.78, 5) is 17.5. The van der Waals surface area contributed by atoms with Gasteiger partial charge in [-0.3, -0.25) is 14.7 Å². The molecular formula is C19H25F3N4O2. The summed E-state index contributed by atoms with van der Waals surface area (Å²) in [6, 6.07) is -1.13. The third-order valence-corrected chi connectivity index (χ3v) is 7.38. The van der Waals surface area contributed by atoms with Gasteiger partial charge < -0.3 is 10.8 Å². The number of nitrogens with zero attached hydrogens (tertiary/aromatic N) is 3. The first-order valence-electron chi connectivity index (χ1n) is 9.93. The lowest BCUT2D eigenvalue weighted by molar-refractivity contribution is -0.176. The number of carboxylic acid groups (broad SMARTS) is 1. The van der Waals surface area contributed by atoms with E-state index in [1.54, 1.807) is 0 Å². The van der Waals surface area contributed by atoms with Crippen LogP contribution in [0.3, 0.4) is 0 Å². The van der Waals surface area contributed by atoms with Crippen molar-refractivity contribution < 1.29 is 23.1 Å². The van der Waals surface area contributed by atoms with E-state index in [0.29, 0.717) is 31.6 Å². The second kappa shape index (κ2) is 6.61. The van der Waals surface area contributed by atoms with Crippen molar-refractivity contribution in [1.82, 2.24) is 4.90 Å². The highest BCUT2D eigenvalue weighted by molar-refractivity contribution is 5.88. The molecule has 0 aromatic carbocycles. The molecule has 4 unspecified atom stereocenters. The van der Waals surface area contributed by atoms with Crippen LogP contribution in [-0.4, -0.2) is 52.7 Å². The number of likely N-dealkylation sites (tertiary alicyclic amines) is 1. The van der Waals surface area contributed by atoms with Crippen LogP contribution in [0.25, 0.3) is 0 Å². The van der Waals surface area contributed by atoms with Crippen molar-refractivity contribution in [3.05, 3.63) is 0 Å². The lowest BCUT2D eigenvalue weighted by Gasteiger charge is -2.57. The number of carbonyl (C=O) groups is 1. The number of hydrogen-bond acceptors (Lipinski definition) is 4. The van der Waals surface area contributed by atoms with Gasteiger partial charge in [-0.25, -0.2) is 0 Å². The van der Waals surface area contributed by atoms with Gasteiger partial charge in [-0.05, 0) is 62.7 Å². The quantitative estimate of drug-likeness (QED) is 0.560. The molecule has 0 aromatic rings. The van der Waals surface area contributed by atoms with E-state index in [-0.39, 0.29) is 36.7 Å². The highest BCUT2D eigenvalue weighted by Crippen LogP contribution is 2.60. The molecule has 5 fully saturated rings. The summed E-state index contributed by atoms with van der Waals surface area (Å²) in [6.07, 6.45) is -0.491. The summed E-state index contributed by atoms with van der Waals surface area (Å²) < 4.78 is 39.9. The van der Waals surface area contributed by atoms with Gasteiger partial charge in [0.25, 0.3) is 0 Å². The van der Waals surface area contributed by atoms with E-state index in [4.69, 9.17) is 5.73 Å². The molecular weight excluding hydrogens is 373 g/mol. The average molecular weight is 398 g/mol. The van der Waals surface area contributed by atoms with Gasteiger partial charge in [0.1, 0.15) is 11.9 Å². The molecule has 154 valence electrons. The standard InChI is InChI=1S/C19H25F3N4O2/c20-19(21,22)14-2-1-3-26(14)13(9-23)16(24)25-15-11-4-10-5-12(15)8-18(6-10,7-11)17(27)28/h10-15H,1-8H2,(H2,24,25)(H,27,28). The van der Waals surface area contributed by atoms with Gasteiger partial charge in [0.05, 0.1) is 17.5 Å². The molecule has 4 aliphatic carbocycles. The second-order valence-corrected chi connectivity index (χ2v) is 9.07. The smallest absolute Gasteiger partial charge is 0.404 e. The van der Waals surface area contributed by atoms with E-state index in [0.717, 1.165) is 17.7 Å². The first-order chi connectivity index (χ1) is 13.1. The number of halogens is 3. The van der Waals surface area contributed by atoms with Gasteiger partial charge >= 0.3 is 12.1 Å². The van der Waals surface area contributed by atoms with Crippen molar-refractivity contribution in [3.63, 3.8) is 0 Å². The molecule has 5 aliphatic rings. The molecule has 0 radical (unpaired) electrons. The molecule has 5 rings (SSSR count). The fraction of sp³-hybridized carbons (Fsp3) is 0.842. The Kier molecular flexibility index (Phi) is 4.60. The maximum absolute atomic E-state index is 13.3. The molecule has 0 aromatic heterocycles. The molecule has 0 spiro atoms. The molecule has 0 amide bonds. The van der Waals surface area contributed by atoms with Gasteiger partial charge in [0.2, 0.25) is 0 Å². The molecule has 3 N–H and O–H groups in total. The first-order valence-corrected chi connectivity index (χ1v) is 9.93. The summed E-state index contributed by atoms with van der Waals surface area (Å²) in [7, 11) is 0. The fourth-order valence-electron chi connectivity index (χ4n) is 6.47. The summed E-state index contributed by atoms with van der Waals surface area (Å²) in [5.41, 5.74) is 5.41. The maximum Gasteiger partial charge on any atom is 0.404 e. The number of aliphatic carboxylic acids is 1. The molecule has 9 heteroatoms. The number of nitrogens with two attached hydrogens (primary N) is 1. The lowest BCUT2D eigenvalue weighted by Crippen LogP contribution is -2.57. The Hall–Kier alpha value is -1.82. The van der Waals surface area contributed by atoms with Crippen LogP contribution < -0.4 is 5.73 Å². The number of aliphatic imine (C=N–C) groups is 1. The third-order valence-electron chi connectivity index (χ3n) is 7.38. The monoisotopic (exact) mass is 398 g/mol. The molecule has 4 bridgehead atoms. The van der Waals surface area contributed by atoms with Crippen molar-refractivity contribution in [1.29, 1.82) is 5.26 Å². The average Bonchev–Trinajstić information content (AvgIpc) is 3.08. The van der Waals surface area contributed by atoms with E-state index >= 15 is 0 Å². The third kappa shape index (κ3) is 3.06. The van der Waals surface area contributed by atoms with Gasteiger partial charge in [-0.2, -0.15) is 18.4 Å². The van der Waals surface area contributed by atoms with Crippen molar-refractivity contribution in [2.75, 3.05) is 6.54 Å². The van der Waals surface area contributed by atoms with Crippen LogP contribution in [0.4, 0.5) is 13.2 Å². The first kappa shape index (κ1) is 19.5. The van der Waals surface area contributed by atoms with Crippen LogP contribution in [0.15, 0.2) is 4.99 Å². The van der Waals surface area contributed by atoms with Gasteiger partial charge in [-0.15, -0.1) is 0 Å². The van der Waals surface area contributed by atoms with E-state index in [1.807, 2.05) is 6.07 Å². The highest BCUT2D eigenvalue weighted by Gasteiger charge is 2.59. The minimum Gasteiger partial charge on any atom is -0.481 e. The van der Waals surface area contributed by atoms with Crippen molar-refractivity contribution in [3.8, 4) is 6.07 Å². The molecule has 28 heavy (non-hydrogen) atoms. The number of amidine groups is 1. The van der Waals surface area contributed by atoms with Crippen LogP contribution in [0, 0.1) is 34.5 Å². The minimum atomic E-state index is -4.40. The van der Waals surface area contributed by atoms with E-state index in [9.17, 15) is 28.3 Å². The number of hydrogen-bond donors (Lipinski definition) is 2. The normalized spacial score (nSPS) is 41.8. The van der Waals surface area contributed by atoms with Crippen LogP contribution in [-0.2, 0) is 4.79 Å². The maximum atomic E-state index is 13.3. The largest absolute Gasteiger partial charge is 0.481 e.